The van der Waals surface area contributed by atoms with Crippen LogP contribution in [0.4, 0.5) is 0 Å². The van der Waals surface area contributed by atoms with Crippen LogP contribution in [0.3, 0.4) is 0 Å². The minimum atomic E-state index is -1.06. The van der Waals surface area contributed by atoms with Gasteiger partial charge in [-0.3, -0.25) is 4.67 Å². The molecule has 2 unspecified atom stereocenters. The molecule has 0 aliphatic heterocycles. The van der Waals surface area contributed by atoms with Crippen molar-refractivity contribution in [2.75, 3.05) is 41.9 Å². The first-order valence-electron chi connectivity index (χ1n) is 12.5. The van der Waals surface area contributed by atoms with Crippen LogP contribution in [0.5, 0.6) is 11.5 Å². The monoisotopic (exact) mass is 537 g/mol. The zero-order valence-corrected chi connectivity index (χ0v) is 23.7. The highest BCUT2D eigenvalue weighted by molar-refractivity contribution is 7.71. The summed E-state index contributed by atoms with van der Waals surface area (Å²) in [5, 5.41) is 6.35. The van der Waals surface area contributed by atoms with Crippen LogP contribution in [0.25, 0.3) is 21.5 Å². The molecule has 0 spiro atoms. The van der Waals surface area contributed by atoms with Gasteiger partial charge in [-0.25, -0.2) is 0 Å². The van der Waals surface area contributed by atoms with Gasteiger partial charge in [0.2, 0.25) is 0 Å². The molecule has 0 aliphatic rings. The van der Waals surface area contributed by atoms with Crippen LogP contribution in [0.15, 0.2) is 72.8 Å². The lowest BCUT2D eigenvalue weighted by molar-refractivity contribution is -0.149. The molecule has 2 atom stereocenters. The van der Waals surface area contributed by atoms with Crippen molar-refractivity contribution in [2.45, 2.75) is 26.4 Å². The highest BCUT2D eigenvalue weighted by Crippen LogP contribution is 2.45. The summed E-state index contributed by atoms with van der Waals surface area (Å²) in [6, 6.07) is 25.0. The van der Waals surface area contributed by atoms with Crippen molar-refractivity contribution in [3.8, 4) is 11.5 Å². The summed E-state index contributed by atoms with van der Waals surface area (Å²) >= 11 is 0. The molecule has 0 saturated heterocycles. The van der Waals surface area contributed by atoms with Crippen LogP contribution >= 0.6 is 8.07 Å². The smallest absolute Gasteiger partial charge is 0.192 e. The average molecular weight is 538 g/mol. The van der Waals surface area contributed by atoms with E-state index in [1.54, 1.807) is 14.2 Å². The normalized spacial score (nSPS) is 14.1. The van der Waals surface area contributed by atoms with Crippen molar-refractivity contribution in [1.82, 2.24) is 4.67 Å². The van der Waals surface area contributed by atoms with Crippen molar-refractivity contribution >= 4 is 40.2 Å². The minimum absolute atomic E-state index is 0.0659. The molecule has 0 amide bonds. The number of ether oxygens (including phenoxy) is 6. The molecule has 0 saturated carbocycles. The maximum Gasteiger partial charge on any atom is 0.192 e. The van der Waals surface area contributed by atoms with Gasteiger partial charge in [0.25, 0.3) is 0 Å². The molecular formula is C30H36NO6P. The highest BCUT2D eigenvalue weighted by atomic mass is 31.1. The van der Waals surface area contributed by atoms with Crippen LogP contribution in [0.1, 0.15) is 13.8 Å². The third kappa shape index (κ3) is 6.44. The maximum absolute atomic E-state index is 6.34. The Balaban J connectivity index is 1.83. The lowest BCUT2D eigenvalue weighted by Crippen LogP contribution is -2.27. The predicted octanol–water partition coefficient (Wildman–Crippen LogP) is 5.59. The fraction of sp³-hybridized carbons (Fsp3) is 0.333. The molecule has 38 heavy (non-hydrogen) atoms. The van der Waals surface area contributed by atoms with E-state index in [-0.39, 0.29) is 26.2 Å². The molecule has 8 heteroatoms. The number of rotatable bonds is 13. The summed E-state index contributed by atoms with van der Waals surface area (Å²) < 4.78 is 36.8. The molecular weight excluding hydrogens is 501 g/mol. The number of methoxy groups -OCH3 is 2. The summed E-state index contributed by atoms with van der Waals surface area (Å²) in [4.78, 5) is 0. The Morgan fingerprint density at radius 1 is 0.632 bits per heavy atom. The SMILES string of the molecule is COC(C)OCOc1c(P(c2ccc3ccccc3c2OCOC(C)OC)N(C)C)ccc2ccccc12. The summed E-state index contributed by atoms with van der Waals surface area (Å²) in [7, 11) is 6.32. The highest BCUT2D eigenvalue weighted by Gasteiger charge is 2.27. The molecule has 0 radical (unpaired) electrons. The second kappa shape index (κ2) is 13.3. The topological polar surface area (TPSA) is 58.6 Å². The van der Waals surface area contributed by atoms with Crippen LogP contribution in [0, 0.1) is 0 Å². The quantitative estimate of drug-likeness (QED) is 0.163. The molecule has 0 N–H and O–H groups in total. The van der Waals surface area contributed by atoms with Crippen molar-refractivity contribution in [1.29, 1.82) is 0 Å². The lowest BCUT2D eigenvalue weighted by Gasteiger charge is -2.30. The number of fused-ring (bicyclic) bond motifs is 2. The second-order valence-corrected chi connectivity index (χ2v) is 11.3. The van der Waals surface area contributed by atoms with Gasteiger partial charge < -0.3 is 28.4 Å². The van der Waals surface area contributed by atoms with Gasteiger partial charge in [-0.15, -0.1) is 0 Å². The van der Waals surface area contributed by atoms with Crippen molar-refractivity contribution in [3.05, 3.63) is 72.8 Å². The van der Waals surface area contributed by atoms with Gasteiger partial charge in [0.05, 0.1) is 0 Å². The molecule has 4 aromatic rings. The molecule has 0 fully saturated rings. The molecule has 4 rings (SSSR count). The van der Waals surface area contributed by atoms with E-state index in [1.807, 2.05) is 38.1 Å². The van der Waals surface area contributed by atoms with Crippen LogP contribution in [0.2, 0.25) is 0 Å². The van der Waals surface area contributed by atoms with Gasteiger partial charge in [0, 0.05) is 43.7 Å². The first-order chi connectivity index (χ1) is 18.4. The number of benzene rings is 4. The van der Waals surface area contributed by atoms with Gasteiger partial charge >= 0.3 is 0 Å². The molecule has 0 heterocycles. The zero-order valence-electron chi connectivity index (χ0n) is 22.8. The van der Waals surface area contributed by atoms with Crippen molar-refractivity contribution in [3.63, 3.8) is 0 Å². The first kappa shape index (κ1) is 28.2. The van der Waals surface area contributed by atoms with E-state index in [0.717, 1.165) is 43.7 Å². The van der Waals surface area contributed by atoms with Crippen LogP contribution in [-0.2, 0) is 18.9 Å². The standard InChI is InChI=1S/C30H36NO6P/c1-21(32-5)34-19-36-29-25-13-9-7-11-23(25)15-17-27(29)38(31(3)4)28-18-16-24-12-8-10-14-26(24)30(28)37-20-35-22(2)33-6/h7-18,21-22H,19-20H2,1-6H3. The van der Waals surface area contributed by atoms with E-state index < -0.39 is 8.07 Å². The largest absolute Gasteiger partial charge is 0.466 e. The van der Waals surface area contributed by atoms with Gasteiger partial charge in [-0.1, -0.05) is 60.7 Å². The van der Waals surface area contributed by atoms with Gasteiger partial charge in [-0.2, -0.15) is 0 Å². The minimum Gasteiger partial charge on any atom is -0.466 e. The number of nitrogens with zero attached hydrogens (tertiary/aromatic N) is 1. The van der Waals surface area contributed by atoms with Gasteiger partial charge in [-0.05, 0) is 50.8 Å². The fourth-order valence-electron chi connectivity index (χ4n) is 4.17. The molecule has 4 aromatic carbocycles. The Bertz CT molecular complexity index is 1250. The Hall–Kier alpha value is -2.77. The third-order valence-corrected chi connectivity index (χ3v) is 8.67. The summed E-state index contributed by atoms with van der Waals surface area (Å²) in [6.07, 6.45) is -0.752. The Kier molecular flexibility index (Phi) is 9.91. The average Bonchev–Trinajstić information content (AvgIpc) is 2.94. The Labute approximate surface area is 225 Å². The third-order valence-electron chi connectivity index (χ3n) is 6.25. The van der Waals surface area contributed by atoms with Crippen LogP contribution < -0.4 is 20.1 Å². The molecule has 0 aliphatic carbocycles. The summed E-state index contributed by atoms with van der Waals surface area (Å²) in [5.74, 6) is 1.57. The zero-order chi connectivity index (χ0) is 27.1. The molecule has 0 aromatic heterocycles. The lowest BCUT2D eigenvalue weighted by atomic mass is 10.1. The number of hydrogen-bond acceptors (Lipinski definition) is 7. The molecule has 0 bridgehead atoms. The summed E-state index contributed by atoms with van der Waals surface area (Å²) in [5.41, 5.74) is 0. The number of hydrogen-bond donors (Lipinski definition) is 0. The Morgan fingerprint density at radius 2 is 1.05 bits per heavy atom. The van der Waals surface area contributed by atoms with Crippen LogP contribution in [-0.4, -0.2) is 59.2 Å². The van der Waals surface area contributed by atoms with E-state index in [1.165, 1.54) is 0 Å². The fourth-order valence-corrected chi connectivity index (χ4v) is 6.48. The van der Waals surface area contributed by atoms with E-state index in [2.05, 4.69) is 67.3 Å². The van der Waals surface area contributed by atoms with Crippen molar-refractivity contribution in [2.24, 2.45) is 0 Å². The molecule has 202 valence electrons. The van der Waals surface area contributed by atoms with E-state index in [4.69, 9.17) is 28.4 Å². The van der Waals surface area contributed by atoms with Gasteiger partial charge in [0.15, 0.2) is 26.2 Å². The predicted molar refractivity (Wildman–Crippen MR) is 154 cm³/mol. The Morgan fingerprint density at radius 3 is 1.45 bits per heavy atom. The van der Waals surface area contributed by atoms with E-state index in [0.29, 0.717) is 0 Å². The van der Waals surface area contributed by atoms with Gasteiger partial charge in [0.1, 0.15) is 11.5 Å². The van der Waals surface area contributed by atoms with E-state index in [9.17, 15) is 0 Å². The second-order valence-electron chi connectivity index (χ2n) is 8.89. The van der Waals surface area contributed by atoms with Crippen molar-refractivity contribution < 1.29 is 28.4 Å². The van der Waals surface area contributed by atoms with E-state index >= 15 is 0 Å². The summed E-state index contributed by atoms with van der Waals surface area (Å²) in [6.45, 7) is 3.81. The molecule has 7 nitrogen and oxygen atoms in total. The maximum atomic E-state index is 6.34. The first-order valence-corrected chi connectivity index (χ1v) is 13.8.